The standard InChI is InChI=1S/C24H33N5O3S2/c1-4-34(31,32)29-7-5-16(6-8-29)20-12-27-23-18(20)9-17(10-19(23)24(25)30)21-14-33-22(28-21)13-26-11-15(2)3/h9-10,12,14-16,26-27H,4-8,11,13H2,1-3H3,(H2,25,30). The first-order chi connectivity index (χ1) is 16.2. The van der Waals surface area contributed by atoms with Gasteiger partial charge in [-0.3, -0.25) is 4.79 Å². The minimum Gasteiger partial charge on any atom is -0.366 e. The van der Waals surface area contributed by atoms with E-state index in [1.807, 2.05) is 17.6 Å². The SMILES string of the molecule is CCS(=O)(=O)N1CCC(c2c[nH]c3c(C(N)=O)cc(-c4csc(CNCC(C)C)n4)cc23)CC1. The van der Waals surface area contributed by atoms with Crippen LogP contribution in [0, 0.1) is 5.92 Å². The van der Waals surface area contributed by atoms with Crippen LogP contribution >= 0.6 is 11.3 Å². The molecule has 3 heterocycles. The van der Waals surface area contributed by atoms with Crippen LogP contribution in [0.15, 0.2) is 23.7 Å². The van der Waals surface area contributed by atoms with Crippen LogP contribution in [0.2, 0.25) is 0 Å². The molecule has 3 aromatic rings. The van der Waals surface area contributed by atoms with Gasteiger partial charge in [0.25, 0.3) is 5.91 Å². The molecular formula is C24H33N5O3S2. The Balaban J connectivity index is 1.63. The second-order valence-electron chi connectivity index (χ2n) is 9.28. The van der Waals surface area contributed by atoms with Gasteiger partial charge in [0, 0.05) is 42.2 Å². The smallest absolute Gasteiger partial charge is 0.250 e. The molecule has 1 amide bonds. The summed E-state index contributed by atoms with van der Waals surface area (Å²) >= 11 is 1.59. The van der Waals surface area contributed by atoms with Crippen LogP contribution in [0.3, 0.4) is 0 Å². The lowest BCUT2D eigenvalue weighted by Crippen LogP contribution is -2.38. The van der Waals surface area contributed by atoms with Crippen LogP contribution in [0.4, 0.5) is 0 Å². The van der Waals surface area contributed by atoms with Gasteiger partial charge in [-0.1, -0.05) is 13.8 Å². The number of rotatable bonds is 9. The zero-order valence-corrected chi connectivity index (χ0v) is 21.6. The fraction of sp³-hybridized carbons (Fsp3) is 0.500. The van der Waals surface area contributed by atoms with E-state index in [0.717, 1.165) is 52.1 Å². The maximum Gasteiger partial charge on any atom is 0.250 e. The molecule has 1 fully saturated rings. The molecule has 1 aliphatic heterocycles. The number of amides is 1. The molecular weight excluding hydrogens is 470 g/mol. The summed E-state index contributed by atoms with van der Waals surface area (Å²) in [4.78, 5) is 20.3. The normalized spacial score (nSPS) is 16.0. The van der Waals surface area contributed by atoms with Gasteiger partial charge in [0.15, 0.2) is 0 Å². The number of hydrogen-bond acceptors (Lipinski definition) is 6. The summed E-state index contributed by atoms with van der Waals surface area (Å²) in [6.45, 7) is 8.67. The number of hydrogen-bond donors (Lipinski definition) is 3. The van der Waals surface area contributed by atoms with E-state index in [1.165, 1.54) is 0 Å². The number of carbonyl (C=O) groups excluding carboxylic acids is 1. The maximum absolute atomic E-state index is 12.3. The minimum absolute atomic E-state index is 0.124. The lowest BCUT2D eigenvalue weighted by Gasteiger charge is -2.31. The summed E-state index contributed by atoms with van der Waals surface area (Å²) in [6, 6.07) is 3.88. The second-order valence-corrected chi connectivity index (χ2v) is 12.5. The number of H-pyrrole nitrogens is 1. The molecule has 184 valence electrons. The molecule has 4 rings (SSSR count). The van der Waals surface area contributed by atoms with Crippen LogP contribution in [-0.2, 0) is 16.6 Å². The fourth-order valence-electron chi connectivity index (χ4n) is 4.55. The molecule has 0 radical (unpaired) electrons. The van der Waals surface area contributed by atoms with Crippen LogP contribution in [-0.4, -0.2) is 54.0 Å². The van der Waals surface area contributed by atoms with Crippen molar-refractivity contribution in [2.45, 2.75) is 46.1 Å². The van der Waals surface area contributed by atoms with E-state index in [0.29, 0.717) is 31.1 Å². The Labute approximate surface area is 205 Å². The predicted molar refractivity (Wildman–Crippen MR) is 137 cm³/mol. The molecule has 1 aliphatic rings. The van der Waals surface area contributed by atoms with Gasteiger partial charge in [-0.05, 0) is 55.8 Å². The topological polar surface area (TPSA) is 121 Å². The number of piperidine rings is 1. The van der Waals surface area contributed by atoms with Crippen molar-refractivity contribution in [1.82, 2.24) is 19.6 Å². The molecule has 0 atom stereocenters. The Bertz CT molecular complexity index is 1270. The van der Waals surface area contributed by atoms with Crippen LogP contribution in [0.5, 0.6) is 0 Å². The summed E-state index contributed by atoms with van der Waals surface area (Å²) in [6.07, 6.45) is 3.42. The Morgan fingerprint density at radius 1 is 1.32 bits per heavy atom. The van der Waals surface area contributed by atoms with E-state index in [9.17, 15) is 13.2 Å². The highest BCUT2D eigenvalue weighted by Gasteiger charge is 2.29. The molecule has 34 heavy (non-hydrogen) atoms. The van der Waals surface area contributed by atoms with Gasteiger partial charge < -0.3 is 16.0 Å². The number of benzene rings is 1. The van der Waals surface area contributed by atoms with Crippen LogP contribution in [0.25, 0.3) is 22.2 Å². The third-order valence-electron chi connectivity index (χ3n) is 6.42. The first-order valence-corrected chi connectivity index (χ1v) is 14.3. The summed E-state index contributed by atoms with van der Waals surface area (Å²) in [7, 11) is -3.17. The van der Waals surface area contributed by atoms with Crippen molar-refractivity contribution >= 4 is 38.2 Å². The van der Waals surface area contributed by atoms with Crippen molar-refractivity contribution in [2.75, 3.05) is 25.4 Å². The highest BCUT2D eigenvalue weighted by Crippen LogP contribution is 2.37. The van der Waals surface area contributed by atoms with E-state index in [-0.39, 0.29) is 11.7 Å². The van der Waals surface area contributed by atoms with E-state index in [2.05, 4.69) is 30.2 Å². The van der Waals surface area contributed by atoms with Crippen molar-refractivity contribution in [3.63, 3.8) is 0 Å². The maximum atomic E-state index is 12.3. The van der Waals surface area contributed by atoms with Gasteiger partial charge in [-0.2, -0.15) is 0 Å². The average Bonchev–Trinajstić information content (AvgIpc) is 3.45. The Morgan fingerprint density at radius 2 is 2.06 bits per heavy atom. The van der Waals surface area contributed by atoms with Crippen LogP contribution < -0.4 is 11.1 Å². The third-order valence-corrected chi connectivity index (χ3v) is 9.15. The molecule has 0 aliphatic carbocycles. The van der Waals surface area contributed by atoms with E-state index >= 15 is 0 Å². The van der Waals surface area contributed by atoms with Gasteiger partial charge in [-0.15, -0.1) is 11.3 Å². The van der Waals surface area contributed by atoms with Crippen molar-refractivity contribution < 1.29 is 13.2 Å². The Hall–Kier alpha value is -2.27. The highest BCUT2D eigenvalue weighted by molar-refractivity contribution is 7.89. The van der Waals surface area contributed by atoms with Crippen molar-refractivity contribution in [3.8, 4) is 11.3 Å². The number of nitrogens with zero attached hydrogens (tertiary/aromatic N) is 2. The largest absolute Gasteiger partial charge is 0.366 e. The van der Waals surface area contributed by atoms with Crippen molar-refractivity contribution in [2.24, 2.45) is 11.7 Å². The summed E-state index contributed by atoms with van der Waals surface area (Å²) < 4.78 is 26.1. The molecule has 8 nitrogen and oxygen atoms in total. The first kappa shape index (κ1) is 24.8. The molecule has 2 aromatic heterocycles. The number of nitrogens with two attached hydrogens (primary N) is 1. The predicted octanol–water partition coefficient (Wildman–Crippen LogP) is 3.67. The molecule has 1 aromatic carbocycles. The Morgan fingerprint density at radius 3 is 2.71 bits per heavy atom. The molecule has 0 unspecified atom stereocenters. The molecule has 0 spiro atoms. The summed E-state index contributed by atoms with van der Waals surface area (Å²) in [5.41, 5.74) is 9.69. The summed E-state index contributed by atoms with van der Waals surface area (Å²) in [5, 5.41) is 7.38. The third kappa shape index (κ3) is 5.19. The van der Waals surface area contributed by atoms with Crippen LogP contribution in [0.1, 0.15) is 60.5 Å². The summed E-state index contributed by atoms with van der Waals surface area (Å²) in [5.74, 6) is 0.414. The molecule has 0 bridgehead atoms. The van der Waals surface area contributed by atoms with Crippen molar-refractivity contribution in [1.29, 1.82) is 0 Å². The average molecular weight is 504 g/mol. The fourth-order valence-corrected chi connectivity index (χ4v) is 6.46. The zero-order chi connectivity index (χ0) is 24.5. The quantitative estimate of drug-likeness (QED) is 0.411. The number of thiazole rings is 1. The van der Waals surface area contributed by atoms with E-state index < -0.39 is 15.9 Å². The number of nitrogens with one attached hydrogen (secondary N) is 2. The number of aromatic amines is 1. The Kier molecular flexibility index (Phi) is 7.42. The zero-order valence-electron chi connectivity index (χ0n) is 19.9. The lowest BCUT2D eigenvalue weighted by atomic mass is 9.89. The lowest BCUT2D eigenvalue weighted by molar-refractivity contribution is 0.100. The van der Waals surface area contributed by atoms with Gasteiger partial charge in [0.2, 0.25) is 10.0 Å². The van der Waals surface area contributed by atoms with E-state index in [1.54, 1.807) is 22.6 Å². The van der Waals surface area contributed by atoms with Gasteiger partial charge in [0.1, 0.15) is 5.01 Å². The number of sulfonamides is 1. The highest BCUT2D eigenvalue weighted by atomic mass is 32.2. The van der Waals surface area contributed by atoms with Gasteiger partial charge in [-0.25, -0.2) is 17.7 Å². The minimum atomic E-state index is -3.17. The molecule has 1 saturated heterocycles. The van der Waals surface area contributed by atoms with Gasteiger partial charge in [0.05, 0.1) is 22.5 Å². The van der Waals surface area contributed by atoms with E-state index in [4.69, 9.17) is 10.7 Å². The number of fused-ring (bicyclic) bond motifs is 1. The molecule has 10 heteroatoms. The molecule has 0 saturated carbocycles. The number of aromatic nitrogens is 2. The second kappa shape index (κ2) is 10.2. The molecule has 4 N–H and O–H groups in total. The number of carbonyl (C=O) groups is 1. The van der Waals surface area contributed by atoms with Gasteiger partial charge >= 0.3 is 0 Å². The first-order valence-electron chi connectivity index (χ1n) is 11.8. The monoisotopic (exact) mass is 503 g/mol. The number of primary amides is 1. The van der Waals surface area contributed by atoms with Crippen molar-refractivity contribution in [3.05, 3.63) is 39.8 Å².